The van der Waals surface area contributed by atoms with E-state index in [-0.39, 0.29) is 6.04 Å². The number of carbonyl (C=O) groups excluding carboxylic acids is 2. The highest BCUT2D eigenvalue weighted by Gasteiger charge is 2.16. The molecular formula is C20H22ClN3O4. The van der Waals surface area contributed by atoms with E-state index in [1.165, 1.54) is 13.3 Å². The summed E-state index contributed by atoms with van der Waals surface area (Å²) in [5.41, 5.74) is 3.65. The number of nitrogens with zero attached hydrogens (tertiary/aromatic N) is 1. The summed E-state index contributed by atoms with van der Waals surface area (Å²) in [6, 6.07) is 12.3. The fraction of sp³-hybridized carbons (Fsp3) is 0.250. The molecule has 2 aromatic rings. The van der Waals surface area contributed by atoms with Crippen molar-refractivity contribution in [3.63, 3.8) is 0 Å². The Kier molecular flexibility index (Phi) is 7.83. The average molecular weight is 404 g/mol. The number of nitrogens with one attached hydrogen (secondary N) is 2. The highest BCUT2D eigenvalue weighted by Crippen LogP contribution is 2.35. The van der Waals surface area contributed by atoms with Gasteiger partial charge in [-0.1, -0.05) is 41.9 Å². The van der Waals surface area contributed by atoms with Crippen LogP contribution in [0.5, 0.6) is 11.5 Å². The summed E-state index contributed by atoms with van der Waals surface area (Å²) in [6.45, 7) is 4.07. The Morgan fingerprint density at radius 2 is 1.93 bits per heavy atom. The second kappa shape index (κ2) is 10.3. The number of halogens is 1. The van der Waals surface area contributed by atoms with Gasteiger partial charge in [0.25, 0.3) is 0 Å². The van der Waals surface area contributed by atoms with Crippen LogP contribution in [0.1, 0.15) is 31.0 Å². The van der Waals surface area contributed by atoms with Gasteiger partial charge in [0.15, 0.2) is 11.5 Å². The molecular weight excluding hydrogens is 382 g/mol. The Morgan fingerprint density at radius 1 is 1.21 bits per heavy atom. The van der Waals surface area contributed by atoms with Crippen LogP contribution >= 0.6 is 11.6 Å². The van der Waals surface area contributed by atoms with Crippen molar-refractivity contribution >= 4 is 29.6 Å². The molecule has 2 N–H and O–H groups in total. The van der Waals surface area contributed by atoms with Gasteiger partial charge in [0.1, 0.15) is 0 Å². The van der Waals surface area contributed by atoms with Crippen molar-refractivity contribution in [3.05, 3.63) is 58.6 Å². The second-order valence-electron chi connectivity index (χ2n) is 5.77. The van der Waals surface area contributed by atoms with E-state index in [1.807, 2.05) is 37.3 Å². The highest BCUT2D eigenvalue weighted by molar-refractivity contribution is 6.35. The predicted octanol–water partition coefficient (Wildman–Crippen LogP) is 3.07. The van der Waals surface area contributed by atoms with E-state index in [4.69, 9.17) is 21.1 Å². The molecule has 0 aliphatic heterocycles. The van der Waals surface area contributed by atoms with Crippen molar-refractivity contribution in [2.24, 2.45) is 5.10 Å². The summed E-state index contributed by atoms with van der Waals surface area (Å²) in [5, 5.41) is 6.76. The van der Waals surface area contributed by atoms with E-state index in [1.54, 1.807) is 19.1 Å². The van der Waals surface area contributed by atoms with Crippen LogP contribution in [-0.2, 0) is 9.59 Å². The van der Waals surface area contributed by atoms with Crippen LogP contribution in [0.2, 0.25) is 5.02 Å². The summed E-state index contributed by atoms with van der Waals surface area (Å²) in [5.74, 6) is -0.780. The van der Waals surface area contributed by atoms with Gasteiger partial charge in [-0.15, -0.1) is 0 Å². The molecule has 0 heterocycles. The first-order valence-corrected chi connectivity index (χ1v) is 9.03. The van der Waals surface area contributed by atoms with E-state index in [0.29, 0.717) is 28.7 Å². The molecule has 0 spiro atoms. The first kappa shape index (κ1) is 21.2. The van der Waals surface area contributed by atoms with Crippen molar-refractivity contribution in [1.29, 1.82) is 0 Å². The maximum Gasteiger partial charge on any atom is 0.329 e. The molecule has 28 heavy (non-hydrogen) atoms. The van der Waals surface area contributed by atoms with Crippen LogP contribution in [0.15, 0.2) is 47.6 Å². The Bertz CT molecular complexity index is 856. The van der Waals surface area contributed by atoms with Crippen molar-refractivity contribution in [1.82, 2.24) is 10.7 Å². The van der Waals surface area contributed by atoms with E-state index >= 15 is 0 Å². The standard InChI is InChI=1S/C20H22ClN3O4/c1-4-28-18-16(21)10-14(11-17(18)27-3)12-22-24-20(26)19(25)23-13(2)15-8-6-5-7-9-15/h5-13H,4H2,1-3H3,(H,23,25)(H,24,26)/b22-12-/t13-/m1/s1. The molecule has 0 saturated heterocycles. The molecule has 1 atom stereocenters. The molecule has 0 aromatic heterocycles. The van der Waals surface area contributed by atoms with Crippen LogP contribution in [0, 0.1) is 0 Å². The second-order valence-corrected chi connectivity index (χ2v) is 6.18. The third kappa shape index (κ3) is 5.72. The average Bonchev–Trinajstić information content (AvgIpc) is 2.70. The number of ether oxygens (including phenoxy) is 2. The highest BCUT2D eigenvalue weighted by atomic mass is 35.5. The summed E-state index contributed by atoms with van der Waals surface area (Å²) < 4.78 is 10.7. The molecule has 0 aliphatic rings. The SMILES string of the molecule is CCOc1c(Cl)cc(/C=N\NC(=O)C(=O)N[C@H](C)c2ccccc2)cc1OC. The Morgan fingerprint density at radius 3 is 2.57 bits per heavy atom. The van der Waals surface area contributed by atoms with Gasteiger partial charge >= 0.3 is 11.8 Å². The molecule has 8 heteroatoms. The lowest BCUT2D eigenvalue weighted by Gasteiger charge is -2.13. The van der Waals surface area contributed by atoms with Gasteiger partial charge in [0, 0.05) is 0 Å². The van der Waals surface area contributed by atoms with Crippen molar-refractivity contribution in [2.45, 2.75) is 19.9 Å². The third-order valence-electron chi connectivity index (χ3n) is 3.77. The molecule has 2 amide bonds. The minimum Gasteiger partial charge on any atom is -0.493 e. The van der Waals surface area contributed by atoms with E-state index in [9.17, 15) is 9.59 Å². The maximum atomic E-state index is 12.0. The van der Waals surface area contributed by atoms with Gasteiger partial charge in [-0.25, -0.2) is 5.43 Å². The van der Waals surface area contributed by atoms with Crippen LogP contribution in [0.4, 0.5) is 0 Å². The normalized spacial score (nSPS) is 11.7. The number of hydrogen-bond acceptors (Lipinski definition) is 5. The van der Waals surface area contributed by atoms with E-state index in [0.717, 1.165) is 5.56 Å². The molecule has 2 rings (SSSR count). The predicted molar refractivity (Wildman–Crippen MR) is 108 cm³/mol. The summed E-state index contributed by atoms with van der Waals surface area (Å²) in [4.78, 5) is 23.9. The third-order valence-corrected chi connectivity index (χ3v) is 4.05. The molecule has 7 nitrogen and oxygen atoms in total. The minimum atomic E-state index is -0.872. The number of amides is 2. The molecule has 148 valence electrons. The molecule has 0 fully saturated rings. The van der Waals surface area contributed by atoms with Crippen molar-refractivity contribution in [3.8, 4) is 11.5 Å². The lowest BCUT2D eigenvalue weighted by molar-refractivity contribution is -0.139. The zero-order chi connectivity index (χ0) is 20.5. The van der Waals surface area contributed by atoms with Crippen LogP contribution in [0.3, 0.4) is 0 Å². The summed E-state index contributed by atoms with van der Waals surface area (Å²) >= 11 is 6.18. The smallest absolute Gasteiger partial charge is 0.329 e. The van der Waals surface area contributed by atoms with Gasteiger partial charge in [-0.2, -0.15) is 5.10 Å². The molecule has 2 aromatic carbocycles. The summed E-state index contributed by atoms with van der Waals surface area (Å²) in [7, 11) is 1.50. The topological polar surface area (TPSA) is 89.0 Å². The van der Waals surface area contributed by atoms with Gasteiger partial charge in [0.2, 0.25) is 0 Å². The number of benzene rings is 2. The fourth-order valence-electron chi connectivity index (χ4n) is 2.40. The number of hydrazone groups is 1. The molecule has 0 saturated carbocycles. The lowest BCUT2D eigenvalue weighted by Crippen LogP contribution is -2.39. The van der Waals surface area contributed by atoms with Crippen LogP contribution in [-0.4, -0.2) is 31.7 Å². The Balaban J connectivity index is 1.97. The number of hydrogen-bond donors (Lipinski definition) is 2. The van der Waals surface area contributed by atoms with Crippen LogP contribution in [0.25, 0.3) is 0 Å². The fourth-order valence-corrected chi connectivity index (χ4v) is 2.68. The van der Waals surface area contributed by atoms with Gasteiger partial charge in [0.05, 0.1) is 31.0 Å². The first-order valence-electron chi connectivity index (χ1n) is 8.65. The van der Waals surface area contributed by atoms with E-state index in [2.05, 4.69) is 15.8 Å². The molecule has 0 radical (unpaired) electrons. The number of carbonyl (C=O) groups is 2. The van der Waals surface area contributed by atoms with Crippen molar-refractivity contribution in [2.75, 3.05) is 13.7 Å². The molecule has 0 bridgehead atoms. The Labute approximate surface area is 168 Å². The molecule has 0 aliphatic carbocycles. The van der Waals surface area contributed by atoms with E-state index < -0.39 is 11.8 Å². The maximum absolute atomic E-state index is 12.0. The first-order chi connectivity index (χ1) is 13.5. The number of methoxy groups -OCH3 is 1. The van der Waals surface area contributed by atoms with Crippen LogP contribution < -0.4 is 20.2 Å². The monoisotopic (exact) mass is 403 g/mol. The largest absolute Gasteiger partial charge is 0.493 e. The minimum absolute atomic E-state index is 0.308. The summed E-state index contributed by atoms with van der Waals surface area (Å²) in [6.07, 6.45) is 1.36. The van der Waals surface area contributed by atoms with Gasteiger partial charge in [-0.3, -0.25) is 9.59 Å². The zero-order valence-corrected chi connectivity index (χ0v) is 16.6. The Hall–Kier alpha value is -3.06. The van der Waals surface area contributed by atoms with Gasteiger partial charge < -0.3 is 14.8 Å². The van der Waals surface area contributed by atoms with Gasteiger partial charge in [-0.05, 0) is 37.1 Å². The molecule has 0 unspecified atom stereocenters. The zero-order valence-electron chi connectivity index (χ0n) is 15.9. The van der Waals surface area contributed by atoms with Crippen molar-refractivity contribution < 1.29 is 19.1 Å². The number of rotatable bonds is 7. The quantitative estimate of drug-likeness (QED) is 0.422. The lowest BCUT2D eigenvalue weighted by atomic mass is 10.1.